The Morgan fingerprint density at radius 3 is 2.26 bits per heavy atom. The van der Waals surface area contributed by atoms with E-state index >= 15 is 0 Å². The zero-order valence-electron chi connectivity index (χ0n) is 39.0. The maximum Gasteiger partial charge on any atom is 0.330 e. The van der Waals surface area contributed by atoms with Crippen molar-refractivity contribution < 1.29 is 28.5 Å². The minimum atomic E-state index is -0.418. The number of fused-ring (bicyclic) bond motifs is 1. The van der Waals surface area contributed by atoms with Crippen molar-refractivity contribution in [2.45, 2.75) is 116 Å². The van der Waals surface area contributed by atoms with E-state index < -0.39 is 5.97 Å². The fourth-order valence-electron chi connectivity index (χ4n) is 8.20. The van der Waals surface area contributed by atoms with Crippen LogP contribution in [0.15, 0.2) is 121 Å². The van der Waals surface area contributed by atoms with E-state index in [9.17, 15) is 9.59 Å². The Hall–Kier alpha value is -5.74. The largest absolute Gasteiger partial charge is 0.494 e. The third kappa shape index (κ3) is 16.3. The van der Waals surface area contributed by atoms with E-state index in [0.29, 0.717) is 44.5 Å². The number of allylic oxidation sites excluding steroid dienone is 1. The summed E-state index contributed by atoms with van der Waals surface area (Å²) >= 11 is 1.60. The van der Waals surface area contributed by atoms with E-state index in [-0.39, 0.29) is 11.9 Å². The van der Waals surface area contributed by atoms with Crippen molar-refractivity contribution in [1.82, 2.24) is 4.98 Å². The van der Waals surface area contributed by atoms with Crippen LogP contribution in [-0.2, 0) is 20.7 Å². The number of aryl methyl sites for hydroxylation is 1. The summed E-state index contributed by atoms with van der Waals surface area (Å²) < 4.78 is 24.6. The Balaban J connectivity index is 1.05. The van der Waals surface area contributed by atoms with Gasteiger partial charge in [0.05, 0.1) is 42.2 Å². The van der Waals surface area contributed by atoms with Crippen LogP contribution in [0.1, 0.15) is 121 Å². The Bertz CT molecular complexity index is 2250. The molecule has 5 aromatic rings. The smallest absolute Gasteiger partial charge is 0.330 e. The third-order valence-electron chi connectivity index (χ3n) is 12.2. The molecule has 1 heterocycles. The Morgan fingerprint density at radius 2 is 1.50 bits per heavy atom. The lowest BCUT2D eigenvalue weighted by atomic mass is 9.82. The predicted molar refractivity (Wildman–Crippen MR) is 271 cm³/mol. The van der Waals surface area contributed by atoms with Gasteiger partial charge in [0.1, 0.15) is 17.2 Å². The summed E-state index contributed by atoms with van der Waals surface area (Å²) in [4.78, 5) is 29.7. The summed E-state index contributed by atoms with van der Waals surface area (Å²) in [5, 5.41) is 7.81. The highest BCUT2D eigenvalue weighted by Crippen LogP contribution is 2.34. The van der Waals surface area contributed by atoms with Crippen molar-refractivity contribution in [2.24, 2.45) is 16.9 Å². The van der Waals surface area contributed by atoms with Gasteiger partial charge < -0.3 is 18.9 Å². The molecule has 4 aromatic carbocycles. The first kappa shape index (κ1) is 49.7. The molecule has 1 saturated carbocycles. The molecule has 0 spiro atoms. The SMILES string of the molecule is C=CCCCCCCCCOc1ccc(OC(=O)C2CCC(COc3ccc(-c4ccc(CCCCC)cc4)c(/C=N/N(CCCCOC(=O)C=C)c4nc5ccccc5s4)c3)CC2)cc1. The van der Waals surface area contributed by atoms with Gasteiger partial charge in [-0.2, -0.15) is 5.10 Å². The summed E-state index contributed by atoms with van der Waals surface area (Å²) in [6.45, 7) is 11.7. The zero-order chi connectivity index (χ0) is 46.2. The normalized spacial score (nSPS) is 14.8. The summed E-state index contributed by atoms with van der Waals surface area (Å²) in [6.07, 6.45) is 22.8. The molecule has 1 fully saturated rings. The highest BCUT2D eigenvalue weighted by atomic mass is 32.1. The Labute approximate surface area is 396 Å². The molecule has 0 unspecified atom stereocenters. The summed E-state index contributed by atoms with van der Waals surface area (Å²) in [6, 6.07) is 30.6. The number of rotatable bonds is 29. The first-order chi connectivity index (χ1) is 32.4. The first-order valence-electron chi connectivity index (χ1n) is 24.3. The molecule has 1 aliphatic carbocycles. The molecule has 0 aliphatic heterocycles. The molecule has 0 bridgehead atoms. The van der Waals surface area contributed by atoms with E-state index in [0.717, 1.165) is 94.9 Å². The Morgan fingerprint density at radius 1 is 0.773 bits per heavy atom. The number of carbonyl (C=O) groups is 2. The van der Waals surface area contributed by atoms with Crippen molar-refractivity contribution in [2.75, 3.05) is 31.4 Å². The van der Waals surface area contributed by atoms with Crippen LogP contribution >= 0.6 is 11.3 Å². The van der Waals surface area contributed by atoms with E-state index in [2.05, 4.69) is 62.5 Å². The van der Waals surface area contributed by atoms with Crippen LogP contribution in [-0.4, -0.2) is 49.5 Å². The molecule has 350 valence electrons. The van der Waals surface area contributed by atoms with Crippen molar-refractivity contribution in [1.29, 1.82) is 0 Å². The lowest BCUT2D eigenvalue weighted by molar-refractivity contribution is -0.140. The van der Waals surface area contributed by atoms with Crippen LogP contribution in [0.2, 0.25) is 0 Å². The maximum absolute atomic E-state index is 13.2. The fraction of sp³-hybridized carbons (Fsp3) is 0.429. The summed E-state index contributed by atoms with van der Waals surface area (Å²) in [7, 11) is 0. The Kier molecular flexibility index (Phi) is 20.8. The van der Waals surface area contributed by atoms with Gasteiger partial charge >= 0.3 is 11.9 Å². The lowest BCUT2D eigenvalue weighted by Crippen LogP contribution is -2.27. The number of carbonyl (C=O) groups excluding carboxylic acids is 2. The monoisotopic (exact) mass is 911 g/mol. The lowest BCUT2D eigenvalue weighted by Gasteiger charge is -2.27. The maximum atomic E-state index is 13.2. The molecule has 0 N–H and O–H groups in total. The number of unbranched alkanes of at least 4 members (excludes halogenated alkanes) is 9. The first-order valence-corrected chi connectivity index (χ1v) is 25.1. The van der Waals surface area contributed by atoms with Crippen LogP contribution in [0.25, 0.3) is 21.3 Å². The van der Waals surface area contributed by atoms with Gasteiger partial charge in [-0.25, -0.2) is 14.8 Å². The van der Waals surface area contributed by atoms with E-state index in [1.165, 1.54) is 63.0 Å². The minimum absolute atomic E-state index is 0.130. The average Bonchev–Trinajstić information content (AvgIpc) is 3.79. The molecule has 9 nitrogen and oxygen atoms in total. The molecule has 1 aliphatic rings. The number of ether oxygens (including phenoxy) is 4. The van der Waals surface area contributed by atoms with Gasteiger partial charge in [-0.3, -0.25) is 4.79 Å². The van der Waals surface area contributed by atoms with Crippen LogP contribution in [0.4, 0.5) is 5.13 Å². The molecule has 0 amide bonds. The second kappa shape index (κ2) is 27.7. The summed E-state index contributed by atoms with van der Waals surface area (Å²) in [5.74, 6) is 1.74. The topological polar surface area (TPSA) is 99.5 Å². The fourth-order valence-corrected chi connectivity index (χ4v) is 9.15. The van der Waals surface area contributed by atoms with Gasteiger partial charge in [-0.1, -0.05) is 112 Å². The van der Waals surface area contributed by atoms with E-state index in [1.807, 2.05) is 65.8 Å². The quantitative estimate of drug-likeness (QED) is 0.00890. The standard InChI is InChI=1S/C56H69N3O6S/c1-4-7-9-10-11-12-13-18-38-62-48-31-33-49(34-32-48)65-55(61)46-29-25-44(26-30-46)42-64-50-35-36-51(45-27-23-43(24-28-45)20-14-8-5-2)47(40-50)41-57-59(37-17-19-39-63-54(60)6-3)56-58-52-21-15-16-22-53(52)66-56/h4,6,15-16,21-24,27-28,31-36,40-41,44,46H,1,3,5,7-14,17-20,25-26,29-30,37-39,42H2,2H3/b57-41+. The number of para-hydroxylation sites is 1. The number of hydrogen-bond acceptors (Lipinski definition) is 10. The van der Waals surface area contributed by atoms with Crippen molar-refractivity contribution >= 4 is 44.8 Å². The second-order valence-electron chi connectivity index (χ2n) is 17.3. The third-order valence-corrected chi connectivity index (χ3v) is 13.2. The average molecular weight is 912 g/mol. The van der Waals surface area contributed by atoms with Crippen LogP contribution < -0.4 is 19.2 Å². The van der Waals surface area contributed by atoms with Crippen molar-refractivity contribution in [3.63, 3.8) is 0 Å². The molecule has 1 aromatic heterocycles. The molecule has 6 rings (SSSR count). The van der Waals surface area contributed by atoms with Gasteiger partial charge in [0.2, 0.25) is 5.13 Å². The van der Waals surface area contributed by atoms with E-state index in [1.54, 1.807) is 11.3 Å². The molecule has 66 heavy (non-hydrogen) atoms. The second-order valence-corrected chi connectivity index (χ2v) is 18.3. The number of anilines is 1. The number of esters is 2. The van der Waals surface area contributed by atoms with E-state index in [4.69, 9.17) is 29.0 Å². The van der Waals surface area contributed by atoms with Crippen LogP contribution in [0, 0.1) is 11.8 Å². The zero-order valence-corrected chi connectivity index (χ0v) is 39.8. The number of benzene rings is 4. The number of thiazole rings is 1. The van der Waals surface area contributed by atoms with Gasteiger partial charge in [0, 0.05) is 18.2 Å². The molecular weight excluding hydrogens is 843 g/mol. The highest BCUT2D eigenvalue weighted by Gasteiger charge is 2.28. The molecule has 0 atom stereocenters. The number of hydrazone groups is 1. The van der Waals surface area contributed by atoms with Crippen molar-refractivity contribution in [3.05, 3.63) is 127 Å². The van der Waals surface area contributed by atoms with Crippen molar-refractivity contribution in [3.8, 4) is 28.4 Å². The van der Waals surface area contributed by atoms with Crippen LogP contribution in [0.3, 0.4) is 0 Å². The van der Waals surface area contributed by atoms with Gasteiger partial charge in [0.15, 0.2) is 0 Å². The molecule has 0 saturated heterocycles. The highest BCUT2D eigenvalue weighted by molar-refractivity contribution is 7.22. The summed E-state index contributed by atoms with van der Waals surface area (Å²) in [5.41, 5.74) is 5.37. The number of hydrogen-bond donors (Lipinski definition) is 0. The van der Waals surface area contributed by atoms with Gasteiger partial charge in [-0.05, 0) is 142 Å². The number of nitrogens with zero attached hydrogens (tertiary/aromatic N) is 3. The van der Waals surface area contributed by atoms with Gasteiger partial charge in [0.25, 0.3) is 0 Å². The molecular formula is C56H69N3O6S. The molecule has 0 radical (unpaired) electrons. The number of aromatic nitrogens is 1. The molecule has 10 heteroatoms. The van der Waals surface area contributed by atoms with Crippen LogP contribution in [0.5, 0.6) is 17.2 Å². The minimum Gasteiger partial charge on any atom is -0.494 e. The predicted octanol–water partition coefficient (Wildman–Crippen LogP) is 14.1. The van der Waals surface area contributed by atoms with Gasteiger partial charge in [-0.15, -0.1) is 6.58 Å².